The second-order valence-corrected chi connectivity index (χ2v) is 5.83. The van der Waals surface area contributed by atoms with Gasteiger partial charge in [0.2, 0.25) is 0 Å². The Balaban J connectivity index is 2.27. The maximum absolute atomic E-state index is 13.2. The normalized spacial score (nSPS) is 12.7. The maximum atomic E-state index is 13.2. The zero-order chi connectivity index (χ0) is 14.0. The molecule has 2 aromatic rings. The predicted molar refractivity (Wildman–Crippen MR) is 80.7 cm³/mol. The van der Waals surface area contributed by atoms with Gasteiger partial charge in [0.05, 0.1) is 10.5 Å². The van der Waals surface area contributed by atoms with E-state index in [0.29, 0.717) is 10.4 Å². The lowest BCUT2D eigenvalue weighted by molar-refractivity contribution is 0.619. The molecule has 3 heteroatoms. The van der Waals surface area contributed by atoms with Gasteiger partial charge in [-0.3, -0.25) is 0 Å². The van der Waals surface area contributed by atoms with Crippen molar-refractivity contribution in [3.8, 4) is 0 Å². The smallest absolute Gasteiger partial charge is 0.137 e. The van der Waals surface area contributed by atoms with E-state index in [9.17, 15) is 4.39 Å². The van der Waals surface area contributed by atoms with Crippen molar-refractivity contribution in [2.75, 3.05) is 0 Å². The van der Waals surface area contributed by atoms with Crippen molar-refractivity contribution in [3.05, 3.63) is 69.4 Å². The molecule has 0 aliphatic rings. The van der Waals surface area contributed by atoms with E-state index in [-0.39, 0.29) is 11.9 Å². The monoisotopic (exact) mass is 321 g/mol. The van der Waals surface area contributed by atoms with E-state index in [0.717, 1.165) is 11.1 Å². The first-order valence-corrected chi connectivity index (χ1v) is 7.08. The Morgan fingerprint density at radius 3 is 2.00 bits per heavy atom. The van der Waals surface area contributed by atoms with Gasteiger partial charge in [-0.15, -0.1) is 0 Å². The fourth-order valence-corrected chi connectivity index (χ4v) is 2.38. The molecule has 0 radical (unpaired) electrons. The van der Waals surface area contributed by atoms with Gasteiger partial charge < -0.3 is 5.73 Å². The summed E-state index contributed by atoms with van der Waals surface area (Å²) in [5.41, 5.74) is 9.43. The molecular weight excluding hydrogens is 305 g/mol. The molecule has 0 heterocycles. The third kappa shape index (κ3) is 3.23. The minimum atomic E-state index is -0.272. The molecule has 2 rings (SSSR count). The molecule has 0 saturated heterocycles. The van der Waals surface area contributed by atoms with Crippen LogP contribution in [0.25, 0.3) is 0 Å². The molecule has 0 aromatic heterocycles. The van der Waals surface area contributed by atoms with Gasteiger partial charge in [0.25, 0.3) is 0 Å². The fraction of sp³-hybridized carbons (Fsp3) is 0.250. The number of benzene rings is 2. The fourth-order valence-electron chi connectivity index (χ4n) is 1.99. The molecule has 0 saturated carbocycles. The summed E-state index contributed by atoms with van der Waals surface area (Å²) < 4.78 is 13.7. The molecule has 0 bridgehead atoms. The van der Waals surface area contributed by atoms with Gasteiger partial charge in [0.15, 0.2) is 0 Å². The van der Waals surface area contributed by atoms with E-state index in [1.807, 2.05) is 12.1 Å². The van der Waals surface area contributed by atoms with Crippen LogP contribution < -0.4 is 5.73 Å². The summed E-state index contributed by atoms with van der Waals surface area (Å²) in [7, 11) is 0. The first kappa shape index (κ1) is 14.2. The molecule has 0 aliphatic carbocycles. The maximum Gasteiger partial charge on any atom is 0.137 e. The highest BCUT2D eigenvalue weighted by Gasteiger charge is 2.11. The van der Waals surface area contributed by atoms with Gasteiger partial charge in [-0.05, 0) is 50.7 Å². The Labute approximate surface area is 121 Å². The van der Waals surface area contributed by atoms with Gasteiger partial charge in [0, 0.05) is 0 Å². The van der Waals surface area contributed by atoms with Crippen molar-refractivity contribution in [2.24, 2.45) is 5.73 Å². The van der Waals surface area contributed by atoms with Crippen LogP contribution in [0.5, 0.6) is 0 Å². The lowest BCUT2D eigenvalue weighted by Crippen LogP contribution is -2.12. The summed E-state index contributed by atoms with van der Waals surface area (Å²) in [6.45, 7) is 4.32. The Kier molecular flexibility index (Phi) is 4.38. The third-order valence-electron chi connectivity index (χ3n) is 3.27. The molecule has 0 spiro atoms. The molecule has 2 N–H and O–H groups in total. The second-order valence-electron chi connectivity index (χ2n) is 4.97. The lowest BCUT2D eigenvalue weighted by atomic mass is 9.96. The van der Waals surface area contributed by atoms with E-state index in [4.69, 9.17) is 5.73 Å². The second kappa shape index (κ2) is 5.85. The van der Waals surface area contributed by atoms with Crippen LogP contribution >= 0.6 is 15.9 Å². The molecular formula is C16H17BrFN. The summed E-state index contributed by atoms with van der Waals surface area (Å²) in [6, 6.07) is 12.9. The van der Waals surface area contributed by atoms with E-state index in [2.05, 4.69) is 41.9 Å². The predicted octanol–water partition coefficient (Wildman–Crippen LogP) is 4.76. The summed E-state index contributed by atoms with van der Waals surface area (Å²) in [5, 5.41) is 0. The molecule has 1 unspecified atom stereocenters. The zero-order valence-corrected chi connectivity index (χ0v) is 12.6. The van der Waals surface area contributed by atoms with Crippen molar-refractivity contribution in [2.45, 2.75) is 25.8 Å². The SMILES string of the molecule is CC(C)c1ccc(C(N)c2ccc(F)c(Br)c2)cc1. The topological polar surface area (TPSA) is 26.0 Å². The highest BCUT2D eigenvalue weighted by Crippen LogP contribution is 2.25. The van der Waals surface area contributed by atoms with E-state index < -0.39 is 0 Å². The van der Waals surface area contributed by atoms with Crippen molar-refractivity contribution in [3.63, 3.8) is 0 Å². The molecule has 1 nitrogen and oxygen atoms in total. The highest BCUT2D eigenvalue weighted by atomic mass is 79.9. The molecule has 0 aliphatic heterocycles. The summed E-state index contributed by atoms with van der Waals surface area (Å²) in [6.07, 6.45) is 0. The van der Waals surface area contributed by atoms with E-state index in [1.165, 1.54) is 11.6 Å². The average molecular weight is 322 g/mol. The number of halogens is 2. The van der Waals surface area contributed by atoms with Crippen LogP contribution in [0.15, 0.2) is 46.9 Å². The van der Waals surface area contributed by atoms with Crippen LogP contribution in [0.2, 0.25) is 0 Å². The average Bonchev–Trinajstić information content (AvgIpc) is 2.41. The quantitative estimate of drug-likeness (QED) is 0.866. The Morgan fingerprint density at radius 1 is 0.947 bits per heavy atom. The van der Waals surface area contributed by atoms with Crippen LogP contribution in [0.4, 0.5) is 4.39 Å². The summed E-state index contributed by atoms with van der Waals surface area (Å²) in [5.74, 6) is 0.233. The minimum absolute atomic E-state index is 0.238. The summed E-state index contributed by atoms with van der Waals surface area (Å²) >= 11 is 3.19. The van der Waals surface area contributed by atoms with Crippen molar-refractivity contribution >= 4 is 15.9 Å². The summed E-state index contributed by atoms with van der Waals surface area (Å²) in [4.78, 5) is 0. The van der Waals surface area contributed by atoms with Gasteiger partial charge in [-0.2, -0.15) is 0 Å². The number of hydrogen-bond acceptors (Lipinski definition) is 1. The molecule has 1 atom stereocenters. The van der Waals surface area contributed by atoms with Gasteiger partial charge in [-0.25, -0.2) is 4.39 Å². The number of hydrogen-bond donors (Lipinski definition) is 1. The van der Waals surface area contributed by atoms with Crippen LogP contribution in [0.1, 0.15) is 42.5 Å². The van der Waals surface area contributed by atoms with Crippen LogP contribution in [-0.4, -0.2) is 0 Å². The number of rotatable bonds is 3. The molecule has 100 valence electrons. The lowest BCUT2D eigenvalue weighted by Gasteiger charge is -2.14. The Bertz CT molecular complexity index is 563. The Hall–Kier alpha value is -1.19. The third-order valence-corrected chi connectivity index (χ3v) is 3.87. The molecule has 0 fully saturated rings. The van der Waals surface area contributed by atoms with Gasteiger partial charge in [-0.1, -0.05) is 44.2 Å². The van der Waals surface area contributed by atoms with Crippen LogP contribution in [0, 0.1) is 5.82 Å². The molecule has 0 amide bonds. The van der Waals surface area contributed by atoms with Crippen molar-refractivity contribution in [1.29, 1.82) is 0 Å². The van der Waals surface area contributed by atoms with Gasteiger partial charge in [0.1, 0.15) is 5.82 Å². The zero-order valence-electron chi connectivity index (χ0n) is 11.0. The Morgan fingerprint density at radius 2 is 1.47 bits per heavy atom. The number of nitrogens with two attached hydrogens (primary N) is 1. The first-order valence-electron chi connectivity index (χ1n) is 6.29. The van der Waals surface area contributed by atoms with E-state index >= 15 is 0 Å². The van der Waals surface area contributed by atoms with Crippen molar-refractivity contribution < 1.29 is 4.39 Å². The van der Waals surface area contributed by atoms with E-state index in [1.54, 1.807) is 12.1 Å². The van der Waals surface area contributed by atoms with Crippen LogP contribution in [0.3, 0.4) is 0 Å². The standard InChI is InChI=1S/C16H17BrFN/c1-10(2)11-3-5-12(6-4-11)16(19)13-7-8-15(18)14(17)9-13/h3-10,16H,19H2,1-2H3. The van der Waals surface area contributed by atoms with Crippen molar-refractivity contribution in [1.82, 2.24) is 0 Å². The molecule has 2 aromatic carbocycles. The molecule has 19 heavy (non-hydrogen) atoms. The minimum Gasteiger partial charge on any atom is -0.320 e. The largest absolute Gasteiger partial charge is 0.320 e. The first-order chi connectivity index (χ1) is 8.99. The van der Waals surface area contributed by atoms with Gasteiger partial charge >= 0.3 is 0 Å². The highest BCUT2D eigenvalue weighted by molar-refractivity contribution is 9.10. The van der Waals surface area contributed by atoms with Crippen LogP contribution in [-0.2, 0) is 0 Å².